The van der Waals surface area contributed by atoms with Crippen molar-refractivity contribution in [3.8, 4) is 0 Å². The van der Waals surface area contributed by atoms with Gasteiger partial charge in [-0.3, -0.25) is 0 Å². The van der Waals surface area contributed by atoms with Crippen molar-refractivity contribution >= 4 is 27.6 Å². The van der Waals surface area contributed by atoms with E-state index in [0.29, 0.717) is 0 Å². The maximum absolute atomic E-state index is 11.4. The van der Waals surface area contributed by atoms with E-state index in [1.807, 2.05) is 39.0 Å². The fraction of sp³-hybridized carbons (Fsp3) is 0.364. The number of urea groups is 1. The van der Waals surface area contributed by atoms with Gasteiger partial charge in [0.15, 0.2) is 0 Å². The van der Waals surface area contributed by atoms with Gasteiger partial charge in [0.05, 0.1) is 5.69 Å². The van der Waals surface area contributed by atoms with Crippen molar-refractivity contribution in [2.75, 3.05) is 5.32 Å². The van der Waals surface area contributed by atoms with Crippen LogP contribution in [-0.4, -0.2) is 12.1 Å². The predicted molar refractivity (Wildman–Crippen MR) is 66.2 cm³/mol. The first kappa shape index (κ1) is 12.0. The molecule has 0 aliphatic carbocycles. The molecule has 0 bridgehead atoms. The number of carbonyl (C=O) groups excluding carboxylic acids is 1. The van der Waals surface area contributed by atoms with E-state index in [4.69, 9.17) is 0 Å². The van der Waals surface area contributed by atoms with Crippen LogP contribution in [0.1, 0.15) is 19.4 Å². The normalized spacial score (nSPS) is 10.2. The van der Waals surface area contributed by atoms with Gasteiger partial charge in [0.1, 0.15) is 0 Å². The average Bonchev–Trinajstić information content (AvgIpc) is 2.11. The van der Waals surface area contributed by atoms with Crippen molar-refractivity contribution in [3.05, 3.63) is 28.2 Å². The summed E-state index contributed by atoms with van der Waals surface area (Å²) >= 11 is 3.43. The molecule has 0 unspecified atom stereocenters. The Kier molecular flexibility index (Phi) is 4.15. The van der Waals surface area contributed by atoms with E-state index in [0.717, 1.165) is 15.7 Å². The highest BCUT2D eigenvalue weighted by molar-refractivity contribution is 9.10. The summed E-state index contributed by atoms with van der Waals surface area (Å²) in [6, 6.07) is 5.70. The summed E-state index contributed by atoms with van der Waals surface area (Å²) in [5.41, 5.74) is 1.88. The second-order valence-corrected chi connectivity index (χ2v) is 4.48. The molecule has 0 fully saturated rings. The molecule has 2 N–H and O–H groups in total. The fourth-order valence-electron chi connectivity index (χ4n) is 1.16. The first-order chi connectivity index (χ1) is 7.00. The summed E-state index contributed by atoms with van der Waals surface area (Å²) in [6.45, 7) is 5.82. The first-order valence-electron chi connectivity index (χ1n) is 4.83. The molecular formula is C11H15BrN2O. The van der Waals surface area contributed by atoms with Gasteiger partial charge in [-0.25, -0.2) is 4.79 Å². The Labute approximate surface area is 98.4 Å². The maximum atomic E-state index is 11.4. The van der Waals surface area contributed by atoms with Gasteiger partial charge in [-0.1, -0.05) is 12.1 Å². The van der Waals surface area contributed by atoms with E-state index in [1.165, 1.54) is 0 Å². The maximum Gasteiger partial charge on any atom is 0.319 e. The van der Waals surface area contributed by atoms with Crippen molar-refractivity contribution < 1.29 is 4.79 Å². The zero-order chi connectivity index (χ0) is 11.4. The number of anilines is 1. The summed E-state index contributed by atoms with van der Waals surface area (Å²) in [6.07, 6.45) is 0. The van der Waals surface area contributed by atoms with Crippen LogP contribution in [0, 0.1) is 6.92 Å². The van der Waals surface area contributed by atoms with Crippen LogP contribution in [-0.2, 0) is 0 Å². The Morgan fingerprint density at radius 2 is 2.07 bits per heavy atom. The molecule has 0 saturated carbocycles. The van der Waals surface area contributed by atoms with E-state index in [1.54, 1.807) is 0 Å². The summed E-state index contributed by atoms with van der Waals surface area (Å²) in [5, 5.41) is 5.55. The van der Waals surface area contributed by atoms with Gasteiger partial charge < -0.3 is 10.6 Å². The first-order valence-corrected chi connectivity index (χ1v) is 5.62. The number of aryl methyl sites for hydroxylation is 1. The summed E-state index contributed by atoms with van der Waals surface area (Å²) in [5.74, 6) is 0. The van der Waals surface area contributed by atoms with E-state index < -0.39 is 0 Å². The van der Waals surface area contributed by atoms with Crippen LogP contribution < -0.4 is 10.6 Å². The second kappa shape index (κ2) is 5.16. The van der Waals surface area contributed by atoms with E-state index in [-0.39, 0.29) is 12.1 Å². The summed E-state index contributed by atoms with van der Waals surface area (Å²) in [7, 11) is 0. The lowest BCUT2D eigenvalue weighted by molar-refractivity contribution is 0.250. The number of amides is 2. The van der Waals surface area contributed by atoms with Crippen LogP contribution in [0.2, 0.25) is 0 Å². The second-order valence-electron chi connectivity index (χ2n) is 3.69. The number of rotatable bonds is 2. The minimum absolute atomic E-state index is 0.133. The van der Waals surface area contributed by atoms with Gasteiger partial charge in [0.2, 0.25) is 0 Å². The van der Waals surface area contributed by atoms with Crippen LogP contribution in [0.4, 0.5) is 10.5 Å². The highest BCUT2D eigenvalue weighted by Gasteiger charge is 2.06. The summed E-state index contributed by atoms with van der Waals surface area (Å²) in [4.78, 5) is 11.4. The van der Waals surface area contributed by atoms with Crippen LogP contribution in [0.25, 0.3) is 0 Å². The summed E-state index contributed by atoms with van der Waals surface area (Å²) < 4.78 is 0.920. The Morgan fingerprint density at radius 1 is 1.40 bits per heavy atom. The number of hydrogen-bond acceptors (Lipinski definition) is 1. The van der Waals surface area contributed by atoms with Crippen molar-refractivity contribution in [1.82, 2.24) is 5.32 Å². The third kappa shape index (κ3) is 3.55. The quantitative estimate of drug-likeness (QED) is 0.851. The third-order valence-electron chi connectivity index (χ3n) is 1.86. The molecule has 0 saturated heterocycles. The van der Waals surface area contributed by atoms with Crippen LogP contribution >= 0.6 is 15.9 Å². The molecule has 15 heavy (non-hydrogen) atoms. The van der Waals surface area contributed by atoms with Gasteiger partial charge in [0, 0.05) is 10.5 Å². The average molecular weight is 271 g/mol. The monoisotopic (exact) mass is 270 g/mol. The van der Waals surface area contributed by atoms with E-state index in [2.05, 4.69) is 26.6 Å². The lowest BCUT2D eigenvalue weighted by Gasteiger charge is -2.12. The highest BCUT2D eigenvalue weighted by Crippen LogP contribution is 2.25. The van der Waals surface area contributed by atoms with Crippen molar-refractivity contribution in [2.45, 2.75) is 26.8 Å². The molecule has 1 rings (SSSR count). The standard InChI is InChI=1S/C11H15BrN2O/c1-7(2)13-11(15)14-9-6-4-5-8(3)10(9)12/h4-7H,1-3H3,(H2,13,14,15). The van der Waals surface area contributed by atoms with Gasteiger partial charge in [-0.15, -0.1) is 0 Å². The zero-order valence-corrected chi connectivity index (χ0v) is 10.7. The van der Waals surface area contributed by atoms with Gasteiger partial charge in [-0.05, 0) is 48.3 Å². The van der Waals surface area contributed by atoms with Gasteiger partial charge in [0.25, 0.3) is 0 Å². The van der Waals surface area contributed by atoms with Gasteiger partial charge in [-0.2, -0.15) is 0 Å². The molecule has 1 aromatic carbocycles. The molecule has 0 atom stereocenters. The Hall–Kier alpha value is -1.03. The largest absolute Gasteiger partial charge is 0.336 e. The Balaban J connectivity index is 2.73. The Bertz CT molecular complexity index is 364. The minimum atomic E-state index is -0.184. The molecule has 0 aliphatic rings. The SMILES string of the molecule is Cc1cccc(NC(=O)NC(C)C)c1Br. The van der Waals surface area contributed by atoms with E-state index in [9.17, 15) is 4.79 Å². The molecule has 3 nitrogen and oxygen atoms in total. The molecule has 4 heteroatoms. The number of nitrogens with one attached hydrogen (secondary N) is 2. The number of hydrogen-bond donors (Lipinski definition) is 2. The highest BCUT2D eigenvalue weighted by atomic mass is 79.9. The van der Waals surface area contributed by atoms with Crippen LogP contribution in [0.15, 0.2) is 22.7 Å². The van der Waals surface area contributed by atoms with Crippen molar-refractivity contribution in [3.63, 3.8) is 0 Å². The zero-order valence-electron chi connectivity index (χ0n) is 9.10. The molecule has 0 radical (unpaired) electrons. The molecule has 1 aromatic rings. The molecule has 0 aliphatic heterocycles. The molecule has 0 spiro atoms. The van der Waals surface area contributed by atoms with Gasteiger partial charge >= 0.3 is 6.03 Å². The third-order valence-corrected chi connectivity index (χ3v) is 2.91. The topological polar surface area (TPSA) is 41.1 Å². The molecule has 2 amide bonds. The minimum Gasteiger partial charge on any atom is -0.336 e. The smallest absolute Gasteiger partial charge is 0.319 e. The number of carbonyl (C=O) groups is 1. The molecular weight excluding hydrogens is 256 g/mol. The predicted octanol–water partition coefficient (Wildman–Crippen LogP) is 3.29. The lowest BCUT2D eigenvalue weighted by Crippen LogP contribution is -2.34. The molecule has 82 valence electrons. The molecule has 0 heterocycles. The van der Waals surface area contributed by atoms with Crippen molar-refractivity contribution in [1.29, 1.82) is 0 Å². The lowest BCUT2D eigenvalue weighted by atomic mass is 10.2. The van der Waals surface area contributed by atoms with Crippen LogP contribution in [0.3, 0.4) is 0 Å². The Morgan fingerprint density at radius 3 is 2.67 bits per heavy atom. The van der Waals surface area contributed by atoms with E-state index >= 15 is 0 Å². The number of benzene rings is 1. The number of halogens is 1. The van der Waals surface area contributed by atoms with Crippen molar-refractivity contribution in [2.24, 2.45) is 0 Å². The molecule has 0 aromatic heterocycles. The fourth-order valence-corrected chi connectivity index (χ4v) is 1.53. The van der Waals surface area contributed by atoms with Crippen LogP contribution in [0.5, 0.6) is 0 Å².